The molecule has 0 heterocycles. The zero-order valence-corrected chi connectivity index (χ0v) is 14.4. The molecule has 2 N–H and O–H groups in total. The number of urea groups is 1. The number of hydrogen-bond donors (Lipinski definition) is 2. The van der Waals surface area contributed by atoms with Crippen molar-refractivity contribution in [3.05, 3.63) is 29.3 Å². The SMILES string of the molecule is CSc1cc(C)ccc1CNC(=O)N(C)CC1CCCC1O. The number of nitrogens with one attached hydrogen (secondary N) is 1. The predicted octanol–water partition coefficient (Wildman–Crippen LogP) is 3.02. The lowest BCUT2D eigenvalue weighted by Gasteiger charge is -2.23. The van der Waals surface area contributed by atoms with Gasteiger partial charge in [-0.2, -0.15) is 0 Å². The standard InChI is InChI=1S/C17H26N2O2S/c1-12-7-8-13(16(9-12)22-3)10-18-17(21)19(2)11-14-5-4-6-15(14)20/h7-9,14-15,20H,4-6,10-11H2,1-3H3,(H,18,21). The van der Waals surface area contributed by atoms with Crippen LogP contribution in [0.15, 0.2) is 23.1 Å². The van der Waals surface area contributed by atoms with Crippen LogP contribution < -0.4 is 5.32 Å². The number of rotatable bonds is 5. The van der Waals surface area contributed by atoms with E-state index < -0.39 is 0 Å². The van der Waals surface area contributed by atoms with Gasteiger partial charge in [0.05, 0.1) is 6.10 Å². The molecule has 0 radical (unpaired) electrons. The highest BCUT2D eigenvalue weighted by Crippen LogP contribution is 2.26. The van der Waals surface area contributed by atoms with E-state index in [1.54, 1.807) is 23.7 Å². The van der Waals surface area contributed by atoms with Crippen molar-refractivity contribution in [2.45, 2.75) is 43.7 Å². The van der Waals surface area contributed by atoms with E-state index in [9.17, 15) is 9.90 Å². The Kier molecular flexibility index (Phi) is 6.15. The van der Waals surface area contributed by atoms with Gasteiger partial charge < -0.3 is 15.3 Å². The van der Waals surface area contributed by atoms with Crippen molar-refractivity contribution in [2.24, 2.45) is 5.92 Å². The summed E-state index contributed by atoms with van der Waals surface area (Å²) in [5.74, 6) is 0.219. The van der Waals surface area contributed by atoms with Crippen LogP contribution in [0.25, 0.3) is 0 Å². The molecule has 1 fully saturated rings. The van der Waals surface area contributed by atoms with Gasteiger partial charge in [0, 0.05) is 31.0 Å². The van der Waals surface area contributed by atoms with Gasteiger partial charge in [-0.15, -0.1) is 11.8 Å². The number of nitrogens with zero attached hydrogens (tertiary/aromatic N) is 1. The third-order valence-corrected chi connectivity index (χ3v) is 5.17. The van der Waals surface area contributed by atoms with Crippen molar-refractivity contribution in [2.75, 3.05) is 19.8 Å². The van der Waals surface area contributed by atoms with Crippen molar-refractivity contribution >= 4 is 17.8 Å². The highest BCUT2D eigenvalue weighted by Gasteiger charge is 2.27. The molecule has 0 saturated heterocycles. The molecular formula is C17H26N2O2S. The van der Waals surface area contributed by atoms with Gasteiger partial charge in [-0.25, -0.2) is 4.79 Å². The molecule has 1 saturated carbocycles. The lowest BCUT2D eigenvalue weighted by Crippen LogP contribution is -2.40. The van der Waals surface area contributed by atoms with E-state index in [1.807, 2.05) is 6.26 Å². The highest BCUT2D eigenvalue weighted by molar-refractivity contribution is 7.98. The van der Waals surface area contributed by atoms with E-state index in [0.29, 0.717) is 13.1 Å². The maximum atomic E-state index is 12.2. The summed E-state index contributed by atoms with van der Waals surface area (Å²) < 4.78 is 0. The molecule has 1 aromatic rings. The van der Waals surface area contributed by atoms with Gasteiger partial charge in [-0.05, 0) is 43.2 Å². The number of carbonyl (C=O) groups is 1. The molecule has 0 bridgehead atoms. The van der Waals surface area contributed by atoms with Gasteiger partial charge in [0.15, 0.2) is 0 Å². The summed E-state index contributed by atoms with van der Waals surface area (Å²) in [4.78, 5) is 15.1. The summed E-state index contributed by atoms with van der Waals surface area (Å²) in [5, 5.41) is 12.8. The molecule has 2 rings (SSSR count). The molecule has 0 aliphatic heterocycles. The van der Waals surface area contributed by atoms with Gasteiger partial charge >= 0.3 is 6.03 Å². The molecule has 22 heavy (non-hydrogen) atoms. The fourth-order valence-electron chi connectivity index (χ4n) is 2.97. The number of benzene rings is 1. The Morgan fingerprint density at radius 2 is 2.23 bits per heavy atom. The Morgan fingerprint density at radius 3 is 2.86 bits per heavy atom. The minimum atomic E-state index is -0.254. The first-order chi connectivity index (χ1) is 10.5. The molecule has 1 aliphatic rings. The monoisotopic (exact) mass is 322 g/mol. The first kappa shape index (κ1) is 17.2. The van der Waals surface area contributed by atoms with Crippen LogP contribution in [0.1, 0.15) is 30.4 Å². The van der Waals surface area contributed by atoms with Crippen LogP contribution in [0.5, 0.6) is 0 Å². The Balaban J connectivity index is 1.86. The van der Waals surface area contributed by atoms with Crippen molar-refractivity contribution < 1.29 is 9.90 Å². The van der Waals surface area contributed by atoms with Crippen LogP contribution in [-0.4, -0.2) is 42.0 Å². The van der Waals surface area contributed by atoms with E-state index >= 15 is 0 Å². The van der Waals surface area contributed by atoms with Gasteiger partial charge in [-0.3, -0.25) is 0 Å². The fraction of sp³-hybridized carbons (Fsp3) is 0.588. The molecule has 4 nitrogen and oxygen atoms in total. The number of carbonyl (C=O) groups excluding carboxylic acids is 1. The average Bonchev–Trinajstić information content (AvgIpc) is 2.90. The van der Waals surface area contributed by atoms with E-state index in [1.165, 1.54) is 10.5 Å². The van der Waals surface area contributed by atoms with Crippen LogP contribution >= 0.6 is 11.8 Å². The molecule has 2 amide bonds. The van der Waals surface area contributed by atoms with Gasteiger partial charge in [-0.1, -0.05) is 18.6 Å². The molecule has 122 valence electrons. The second kappa shape index (κ2) is 7.88. The van der Waals surface area contributed by atoms with Crippen molar-refractivity contribution in [1.82, 2.24) is 10.2 Å². The molecular weight excluding hydrogens is 296 g/mol. The zero-order chi connectivity index (χ0) is 16.1. The lowest BCUT2D eigenvalue weighted by atomic mass is 10.1. The lowest BCUT2D eigenvalue weighted by molar-refractivity contribution is 0.114. The highest BCUT2D eigenvalue weighted by atomic mass is 32.2. The number of aliphatic hydroxyl groups is 1. The van der Waals surface area contributed by atoms with Gasteiger partial charge in [0.2, 0.25) is 0 Å². The van der Waals surface area contributed by atoms with Crippen molar-refractivity contribution in [3.8, 4) is 0 Å². The number of hydrogen-bond acceptors (Lipinski definition) is 3. The van der Waals surface area contributed by atoms with Gasteiger partial charge in [0.25, 0.3) is 0 Å². The Bertz CT molecular complexity index is 521. The summed E-state index contributed by atoms with van der Waals surface area (Å²) in [6.45, 7) is 3.23. The van der Waals surface area contributed by atoms with Crippen LogP contribution in [0.4, 0.5) is 4.79 Å². The smallest absolute Gasteiger partial charge is 0.317 e. The third-order valence-electron chi connectivity index (χ3n) is 4.35. The normalized spacial score (nSPS) is 20.9. The number of thioether (sulfide) groups is 1. The van der Waals surface area contributed by atoms with E-state index in [-0.39, 0.29) is 18.1 Å². The molecule has 2 atom stereocenters. The molecule has 1 aromatic carbocycles. The molecule has 5 heteroatoms. The van der Waals surface area contributed by atoms with Crippen molar-refractivity contribution in [3.63, 3.8) is 0 Å². The summed E-state index contributed by atoms with van der Waals surface area (Å²) in [6.07, 6.45) is 4.72. The maximum Gasteiger partial charge on any atom is 0.317 e. The second-order valence-corrected chi connectivity index (χ2v) is 6.96. The van der Waals surface area contributed by atoms with E-state index in [0.717, 1.165) is 24.8 Å². The fourth-order valence-corrected chi connectivity index (χ4v) is 3.67. The number of aliphatic hydroxyl groups excluding tert-OH is 1. The summed E-state index contributed by atoms with van der Waals surface area (Å²) in [5.41, 5.74) is 2.37. The minimum absolute atomic E-state index is 0.0771. The Labute approximate surface area is 137 Å². The van der Waals surface area contributed by atoms with E-state index in [4.69, 9.17) is 0 Å². The summed E-state index contributed by atoms with van der Waals surface area (Å²) >= 11 is 1.70. The zero-order valence-electron chi connectivity index (χ0n) is 13.6. The predicted molar refractivity (Wildman–Crippen MR) is 91.2 cm³/mol. The second-order valence-electron chi connectivity index (χ2n) is 6.11. The van der Waals surface area contributed by atoms with Crippen LogP contribution in [-0.2, 0) is 6.54 Å². The van der Waals surface area contributed by atoms with Crippen LogP contribution in [0.2, 0.25) is 0 Å². The molecule has 2 unspecified atom stereocenters. The molecule has 1 aliphatic carbocycles. The van der Waals surface area contributed by atoms with Gasteiger partial charge in [0.1, 0.15) is 0 Å². The first-order valence-corrected chi connectivity index (χ1v) is 9.04. The van der Waals surface area contributed by atoms with E-state index in [2.05, 4.69) is 30.4 Å². The topological polar surface area (TPSA) is 52.6 Å². The van der Waals surface area contributed by atoms with Crippen LogP contribution in [0.3, 0.4) is 0 Å². The number of aryl methyl sites for hydroxylation is 1. The minimum Gasteiger partial charge on any atom is -0.393 e. The third kappa shape index (κ3) is 4.40. The van der Waals surface area contributed by atoms with Crippen molar-refractivity contribution in [1.29, 1.82) is 0 Å². The largest absolute Gasteiger partial charge is 0.393 e. The Morgan fingerprint density at radius 1 is 1.45 bits per heavy atom. The van der Waals surface area contributed by atoms with Crippen LogP contribution in [0, 0.1) is 12.8 Å². The quantitative estimate of drug-likeness (QED) is 0.819. The number of amides is 2. The average molecular weight is 322 g/mol. The Hall–Kier alpha value is -1.20. The maximum absolute atomic E-state index is 12.2. The molecule has 0 spiro atoms. The molecule has 0 aromatic heterocycles. The first-order valence-electron chi connectivity index (χ1n) is 7.81. The summed E-state index contributed by atoms with van der Waals surface area (Å²) in [7, 11) is 1.80. The summed E-state index contributed by atoms with van der Waals surface area (Å²) in [6, 6.07) is 6.21.